The van der Waals surface area contributed by atoms with Crippen molar-refractivity contribution in [1.29, 1.82) is 0 Å². The van der Waals surface area contributed by atoms with Crippen molar-refractivity contribution in [1.82, 2.24) is 0 Å². The molecule has 0 fully saturated rings. The number of allylic oxidation sites excluding steroid dienone is 1. The Bertz CT molecular complexity index is 641. The van der Waals surface area contributed by atoms with Crippen molar-refractivity contribution in [2.45, 2.75) is 33.0 Å². The van der Waals surface area contributed by atoms with Crippen molar-refractivity contribution in [2.75, 3.05) is 0 Å². The van der Waals surface area contributed by atoms with Gasteiger partial charge in [0.15, 0.2) is 11.6 Å². The number of hydrogen-bond donors (Lipinski definition) is 2. The quantitative estimate of drug-likeness (QED) is 0.380. The molecule has 0 amide bonds. The van der Waals surface area contributed by atoms with Gasteiger partial charge in [-0.1, -0.05) is 30.6 Å². The van der Waals surface area contributed by atoms with E-state index in [9.17, 15) is 5.11 Å². The fourth-order valence-corrected chi connectivity index (χ4v) is 1.57. The predicted molar refractivity (Wildman–Crippen MR) is 90.0 cm³/mol. The van der Waals surface area contributed by atoms with Gasteiger partial charge in [0.2, 0.25) is 0 Å². The second-order valence-electron chi connectivity index (χ2n) is 5.14. The summed E-state index contributed by atoms with van der Waals surface area (Å²) in [4.78, 5) is 3.97. The minimum atomic E-state index is -1.02. The van der Waals surface area contributed by atoms with E-state index >= 15 is 0 Å². The molecule has 0 saturated carbocycles. The molecule has 4 heteroatoms. The molecule has 0 aromatic heterocycles. The monoisotopic (exact) mass is 298 g/mol. The van der Waals surface area contributed by atoms with Crippen molar-refractivity contribution in [3.8, 4) is 11.8 Å². The van der Waals surface area contributed by atoms with Gasteiger partial charge in [-0.15, -0.1) is 0 Å². The van der Waals surface area contributed by atoms with E-state index in [1.54, 1.807) is 27.0 Å². The number of aliphatic imine (C=N–C) groups is 1. The van der Waals surface area contributed by atoms with E-state index < -0.39 is 5.60 Å². The standard InChI is InChI=1S/C18H22N2O2/c1-5-16(17(19)20-6-2)22-13-15-9-7-8-14(12-15)10-11-18(3,4)21/h5-9,12,21H,1,13,19H2,2-4H3/b17-16+,20-6-. The van der Waals surface area contributed by atoms with Crippen molar-refractivity contribution in [2.24, 2.45) is 10.7 Å². The minimum absolute atomic E-state index is 0.287. The van der Waals surface area contributed by atoms with Crippen molar-refractivity contribution in [3.05, 3.63) is 59.6 Å². The summed E-state index contributed by atoms with van der Waals surface area (Å²) in [5.41, 5.74) is 6.50. The Labute approximate surface area is 132 Å². The van der Waals surface area contributed by atoms with E-state index in [1.807, 2.05) is 24.3 Å². The predicted octanol–water partition coefficient (Wildman–Crippen LogP) is 2.73. The first-order valence-corrected chi connectivity index (χ1v) is 6.94. The highest BCUT2D eigenvalue weighted by molar-refractivity contribution is 5.55. The van der Waals surface area contributed by atoms with Crippen LogP contribution in [-0.4, -0.2) is 16.9 Å². The Kier molecular flexibility index (Phi) is 6.43. The van der Waals surface area contributed by atoms with Gasteiger partial charge in [0.1, 0.15) is 12.2 Å². The molecule has 0 aliphatic heterocycles. The number of rotatable bonds is 5. The van der Waals surface area contributed by atoms with E-state index in [0.29, 0.717) is 12.4 Å². The molecule has 0 unspecified atom stereocenters. The van der Waals surface area contributed by atoms with Crippen LogP contribution in [0.3, 0.4) is 0 Å². The minimum Gasteiger partial charge on any atom is -0.485 e. The highest BCUT2D eigenvalue weighted by Crippen LogP contribution is 2.11. The topological polar surface area (TPSA) is 67.8 Å². The lowest BCUT2D eigenvalue weighted by Crippen LogP contribution is -2.14. The largest absolute Gasteiger partial charge is 0.485 e. The Morgan fingerprint density at radius 1 is 1.50 bits per heavy atom. The Hall–Kier alpha value is -2.51. The molecule has 0 heterocycles. The van der Waals surface area contributed by atoms with Crippen LogP contribution in [0.15, 0.2) is 53.5 Å². The molecule has 0 saturated heterocycles. The van der Waals surface area contributed by atoms with Gasteiger partial charge >= 0.3 is 0 Å². The van der Waals surface area contributed by atoms with Crippen LogP contribution in [0.5, 0.6) is 0 Å². The van der Waals surface area contributed by atoms with E-state index in [-0.39, 0.29) is 5.82 Å². The van der Waals surface area contributed by atoms with Crippen LogP contribution in [0, 0.1) is 11.8 Å². The average Bonchev–Trinajstić information content (AvgIpc) is 2.46. The third-order valence-corrected chi connectivity index (χ3v) is 2.54. The molecular weight excluding hydrogens is 276 g/mol. The number of hydrogen-bond acceptors (Lipinski definition) is 4. The van der Waals surface area contributed by atoms with Crippen molar-refractivity contribution in [3.63, 3.8) is 0 Å². The first-order valence-electron chi connectivity index (χ1n) is 6.94. The number of ether oxygens (including phenoxy) is 1. The molecule has 1 aromatic rings. The third-order valence-electron chi connectivity index (χ3n) is 2.54. The summed E-state index contributed by atoms with van der Waals surface area (Å²) in [6, 6.07) is 7.59. The molecule has 0 bridgehead atoms. The van der Waals surface area contributed by atoms with Crippen LogP contribution in [0.4, 0.5) is 0 Å². The van der Waals surface area contributed by atoms with Gasteiger partial charge in [0, 0.05) is 11.8 Å². The average molecular weight is 298 g/mol. The molecule has 22 heavy (non-hydrogen) atoms. The molecule has 1 aromatic carbocycles. The smallest absolute Gasteiger partial charge is 0.165 e. The zero-order valence-electron chi connectivity index (χ0n) is 13.3. The first kappa shape index (κ1) is 17.5. The number of benzene rings is 1. The molecule has 4 nitrogen and oxygen atoms in total. The van der Waals surface area contributed by atoms with E-state index in [4.69, 9.17) is 10.5 Å². The maximum Gasteiger partial charge on any atom is 0.165 e. The lowest BCUT2D eigenvalue weighted by molar-refractivity contribution is 0.143. The van der Waals surface area contributed by atoms with Gasteiger partial charge in [-0.05, 0) is 44.5 Å². The molecular formula is C18H22N2O2. The lowest BCUT2D eigenvalue weighted by atomic mass is 10.1. The summed E-state index contributed by atoms with van der Waals surface area (Å²) in [7, 11) is 0. The summed E-state index contributed by atoms with van der Waals surface area (Å²) in [6.45, 7) is 9.06. The number of aliphatic hydroxyl groups is 1. The number of nitrogens with two attached hydrogens (primary N) is 1. The normalized spacial score (nSPS) is 12.4. The summed E-state index contributed by atoms with van der Waals surface area (Å²) < 4.78 is 5.62. The highest BCUT2D eigenvalue weighted by Gasteiger charge is 2.06. The molecule has 0 aliphatic carbocycles. The molecule has 0 radical (unpaired) electrons. The molecule has 0 spiro atoms. The first-order chi connectivity index (χ1) is 10.4. The van der Waals surface area contributed by atoms with Crippen LogP contribution in [0.1, 0.15) is 31.9 Å². The highest BCUT2D eigenvalue weighted by atomic mass is 16.5. The van der Waals surface area contributed by atoms with Crippen LogP contribution >= 0.6 is 0 Å². The third kappa shape index (κ3) is 6.29. The van der Waals surface area contributed by atoms with Gasteiger partial charge in [0.25, 0.3) is 0 Å². The van der Waals surface area contributed by atoms with Crippen LogP contribution < -0.4 is 5.73 Å². The van der Waals surface area contributed by atoms with Gasteiger partial charge in [-0.25, -0.2) is 4.99 Å². The fraction of sp³-hybridized carbons (Fsp3) is 0.278. The van der Waals surface area contributed by atoms with Crippen molar-refractivity contribution >= 4 is 6.21 Å². The van der Waals surface area contributed by atoms with Crippen LogP contribution in [0.2, 0.25) is 0 Å². The van der Waals surface area contributed by atoms with E-state index in [1.165, 1.54) is 6.08 Å². The second-order valence-corrected chi connectivity index (χ2v) is 5.14. The van der Waals surface area contributed by atoms with Gasteiger partial charge < -0.3 is 15.6 Å². The summed E-state index contributed by atoms with van der Waals surface area (Å²) in [6.07, 6.45) is 3.12. The maximum atomic E-state index is 9.63. The zero-order chi connectivity index (χ0) is 16.6. The van der Waals surface area contributed by atoms with E-state index in [0.717, 1.165) is 11.1 Å². The van der Waals surface area contributed by atoms with E-state index in [2.05, 4.69) is 23.4 Å². The van der Waals surface area contributed by atoms with Crippen LogP contribution in [-0.2, 0) is 11.3 Å². The molecule has 1 rings (SSSR count). The van der Waals surface area contributed by atoms with Gasteiger partial charge in [-0.3, -0.25) is 0 Å². The SMILES string of the molecule is C=C/C(OCc1cccc(C#CC(C)(C)O)c1)=C(N)\N=C/C. The van der Waals surface area contributed by atoms with Crippen molar-refractivity contribution < 1.29 is 9.84 Å². The molecule has 0 atom stereocenters. The van der Waals surface area contributed by atoms with Crippen LogP contribution in [0.25, 0.3) is 0 Å². The zero-order valence-corrected chi connectivity index (χ0v) is 13.3. The Morgan fingerprint density at radius 3 is 2.82 bits per heavy atom. The fourth-order valence-electron chi connectivity index (χ4n) is 1.57. The summed E-state index contributed by atoms with van der Waals surface area (Å²) >= 11 is 0. The summed E-state index contributed by atoms with van der Waals surface area (Å²) in [5.74, 6) is 6.43. The number of nitrogens with zero attached hydrogens (tertiary/aromatic N) is 1. The maximum absolute atomic E-state index is 9.63. The van der Waals surface area contributed by atoms with Gasteiger partial charge in [-0.2, -0.15) is 0 Å². The Morgan fingerprint density at radius 2 is 2.23 bits per heavy atom. The van der Waals surface area contributed by atoms with Gasteiger partial charge in [0.05, 0.1) is 0 Å². The molecule has 0 aliphatic rings. The molecule has 116 valence electrons. The molecule has 3 N–H and O–H groups in total. The summed E-state index contributed by atoms with van der Waals surface area (Å²) in [5, 5.41) is 9.63. The lowest BCUT2D eigenvalue weighted by Gasteiger charge is -2.09. The second kappa shape index (κ2) is 8.06. The Balaban J connectivity index is 2.85.